The number of carbonyl (C=O) groups is 3. The molecule has 0 unspecified atom stereocenters. The average Bonchev–Trinajstić information content (AvgIpc) is 3.19. The van der Waals surface area contributed by atoms with Crippen LogP contribution in [0.4, 0.5) is 0 Å². The summed E-state index contributed by atoms with van der Waals surface area (Å²) in [7, 11) is -0.703. The van der Waals surface area contributed by atoms with E-state index in [0.29, 0.717) is 32.7 Å². The minimum Gasteiger partial charge on any atom is -0.402 e. The Morgan fingerprint density at radius 2 is 1.68 bits per heavy atom. The van der Waals surface area contributed by atoms with Gasteiger partial charge in [-0.15, -0.1) is 0 Å². The molecule has 2 aliphatic heterocycles. The van der Waals surface area contributed by atoms with Gasteiger partial charge in [-0.2, -0.15) is 0 Å². The van der Waals surface area contributed by atoms with Gasteiger partial charge in [-0.3, -0.25) is 19.4 Å². The molecule has 0 spiro atoms. The van der Waals surface area contributed by atoms with Crippen molar-refractivity contribution in [1.82, 2.24) is 25.5 Å². The third kappa shape index (κ3) is 8.11. The summed E-state index contributed by atoms with van der Waals surface area (Å²) in [6, 6.07) is 8.97. The number of ether oxygens (including phenoxy) is 1. The second-order valence-electron chi connectivity index (χ2n) is 11.4. The molecule has 0 bridgehead atoms. The summed E-state index contributed by atoms with van der Waals surface area (Å²) in [6.45, 7) is 9.56. The molecule has 1 aromatic carbocycles. The summed E-state index contributed by atoms with van der Waals surface area (Å²) < 4.78 is 18.0. The first kappa shape index (κ1) is 30.6. The molecule has 12 heteroatoms. The lowest BCUT2D eigenvalue weighted by molar-refractivity contribution is -0.138. The lowest BCUT2D eigenvalue weighted by Gasteiger charge is -2.32. The Bertz CT molecular complexity index is 1160. The lowest BCUT2D eigenvalue weighted by atomic mass is 9.75. The first-order valence-corrected chi connectivity index (χ1v) is 14.2. The van der Waals surface area contributed by atoms with Crippen molar-refractivity contribution < 1.29 is 28.4 Å². The van der Waals surface area contributed by atoms with Crippen LogP contribution in [-0.4, -0.2) is 89.2 Å². The number of rotatable bonds is 11. The lowest BCUT2D eigenvalue weighted by Crippen LogP contribution is -2.56. The first-order chi connectivity index (χ1) is 19.6. The van der Waals surface area contributed by atoms with Crippen molar-refractivity contribution in [2.24, 2.45) is 0 Å². The van der Waals surface area contributed by atoms with E-state index in [1.165, 1.54) is 24.2 Å². The zero-order chi connectivity index (χ0) is 29.5. The molecule has 220 valence electrons. The normalized spacial score (nSPS) is 19.3. The first-order valence-electron chi connectivity index (χ1n) is 14.2. The maximum atomic E-state index is 13.8. The minimum absolute atomic E-state index is 0.0505. The van der Waals surface area contributed by atoms with Gasteiger partial charge in [0.1, 0.15) is 11.7 Å². The number of aryl methyl sites for hydroxylation is 1. The van der Waals surface area contributed by atoms with E-state index in [4.69, 9.17) is 14.0 Å². The topological polar surface area (TPSA) is 132 Å². The van der Waals surface area contributed by atoms with Crippen LogP contribution in [0.15, 0.2) is 48.9 Å². The van der Waals surface area contributed by atoms with Crippen LogP contribution in [0.5, 0.6) is 0 Å². The highest BCUT2D eigenvalue weighted by Crippen LogP contribution is 2.38. The number of benzene rings is 1. The van der Waals surface area contributed by atoms with Gasteiger partial charge in [0.25, 0.3) is 5.91 Å². The fraction of sp³-hybridized carbons (Fsp3) is 0.552. The smallest absolute Gasteiger partial charge is 0.402 e. The molecule has 11 nitrogen and oxygen atoms in total. The monoisotopic (exact) mass is 565 g/mol. The summed E-state index contributed by atoms with van der Waals surface area (Å²) in [5, 5.41) is 5.75. The predicted octanol–water partition coefficient (Wildman–Crippen LogP) is 1.96. The van der Waals surface area contributed by atoms with Gasteiger partial charge >= 0.3 is 7.12 Å². The molecule has 3 amide bonds. The number of nitrogens with zero attached hydrogens (tertiary/aromatic N) is 3. The molecular formula is C29H40BN5O6. The summed E-state index contributed by atoms with van der Waals surface area (Å²) in [5.41, 5.74) is 0.0593. The zero-order valence-electron chi connectivity index (χ0n) is 24.3. The van der Waals surface area contributed by atoms with Crippen LogP contribution >= 0.6 is 0 Å². The standard InChI is InChI=1S/C29H40BN5O6/c1-28(2)29(3,4)41-30(40-28)24(12-8-11-21-9-6-5-7-10-21)34-26(37)22(19-25(36)35-15-17-39-18-16-35)33-27(38)23-20-31-13-14-32-23/h5-7,9-10,13-14,20,22,24H,8,11-12,15-19H2,1-4H3,(H,33,38)(H,34,37)/t22-,24+/m1/s1. The molecule has 2 saturated heterocycles. The van der Waals surface area contributed by atoms with E-state index in [0.717, 1.165) is 12.8 Å². The van der Waals surface area contributed by atoms with E-state index in [1.807, 2.05) is 45.9 Å². The van der Waals surface area contributed by atoms with Crippen LogP contribution in [-0.2, 0) is 30.1 Å². The van der Waals surface area contributed by atoms with Crippen LogP contribution in [0.25, 0.3) is 0 Å². The Morgan fingerprint density at radius 1 is 1.00 bits per heavy atom. The molecule has 2 atom stereocenters. The maximum absolute atomic E-state index is 13.8. The second kappa shape index (κ2) is 13.5. The van der Waals surface area contributed by atoms with E-state index in [2.05, 4.69) is 32.7 Å². The van der Waals surface area contributed by atoms with Gasteiger partial charge in [0.2, 0.25) is 11.8 Å². The van der Waals surface area contributed by atoms with Crippen molar-refractivity contribution in [3.05, 3.63) is 60.2 Å². The van der Waals surface area contributed by atoms with Crippen molar-refractivity contribution in [1.29, 1.82) is 0 Å². The molecule has 1 aromatic heterocycles. The van der Waals surface area contributed by atoms with Gasteiger partial charge in [-0.05, 0) is 52.5 Å². The van der Waals surface area contributed by atoms with Crippen LogP contribution in [0.3, 0.4) is 0 Å². The maximum Gasteiger partial charge on any atom is 0.481 e. The number of aromatic nitrogens is 2. The second-order valence-corrected chi connectivity index (χ2v) is 11.4. The van der Waals surface area contributed by atoms with Gasteiger partial charge in [-0.25, -0.2) is 4.98 Å². The van der Waals surface area contributed by atoms with Crippen molar-refractivity contribution in [3.63, 3.8) is 0 Å². The van der Waals surface area contributed by atoms with E-state index in [1.54, 1.807) is 4.90 Å². The molecule has 2 N–H and O–H groups in total. The van der Waals surface area contributed by atoms with Gasteiger partial charge < -0.3 is 29.6 Å². The predicted molar refractivity (Wildman–Crippen MR) is 153 cm³/mol. The van der Waals surface area contributed by atoms with E-state index in [9.17, 15) is 14.4 Å². The molecule has 0 radical (unpaired) electrons. The fourth-order valence-electron chi connectivity index (χ4n) is 4.76. The van der Waals surface area contributed by atoms with Gasteiger partial charge in [0.05, 0.1) is 43.0 Å². The highest BCUT2D eigenvalue weighted by molar-refractivity contribution is 6.48. The molecule has 4 rings (SSSR count). The Morgan fingerprint density at radius 3 is 2.32 bits per heavy atom. The van der Waals surface area contributed by atoms with Crippen LogP contribution < -0.4 is 10.6 Å². The van der Waals surface area contributed by atoms with Crippen molar-refractivity contribution >= 4 is 24.8 Å². The van der Waals surface area contributed by atoms with Crippen molar-refractivity contribution in [2.45, 2.75) is 76.6 Å². The van der Waals surface area contributed by atoms with Crippen molar-refractivity contribution in [2.75, 3.05) is 26.3 Å². The van der Waals surface area contributed by atoms with Gasteiger partial charge in [-0.1, -0.05) is 30.3 Å². The number of hydrogen-bond acceptors (Lipinski definition) is 8. The molecule has 0 aliphatic carbocycles. The Balaban J connectivity index is 1.51. The Hall–Kier alpha value is -3.35. The average molecular weight is 565 g/mol. The largest absolute Gasteiger partial charge is 0.481 e. The fourth-order valence-corrected chi connectivity index (χ4v) is 4.76. The molecule has 3 heterocycles. The molecule has 2 fully saturated rings. The minimum atomic E-state index is -1.14. The molecule has 2 aromatic rings. The molecule has 0 saturated carbocycles. The summed E-state index contributed by atoms with van der Waals surface area (Å²) in [4.78, 5) is 49.5. The quantitative estimate of drug-likeness (QED) is 0.396. The number of amides is 3. The molecule has 2 aliphatic rings. The highest BCUT2D eigenvalue weighted by atomic mass is 16.7. The molecule has 41 heavy (non-hydrogen) atoms. The third-order valence-electron chi connectivity index (χ3n) is 7.91. The van der Waals surface area contributed by atoms with Gasteiger partial charge in [0.15, 0.2) is 0 Å². The van der Waals surface area contributed by atoms with Crippen LogP contribution in [0.2, 0.25) is 0 Å². The van der Waals surface area contributed by atoms with Gasteiger partial charge in [0, 0.05) is 25.5 Å². The Labute approximate surface area is 241 Å². The van der Waals surface area contributed by atoms with Crippen LogP contribution in [0, 0.1) is 0 Å². The van der Waals surface area contributed by atoms with Crippen molar-refractivity contribution in [3.8, 4) is 0 Å². The van der Waals surface area contributed by atoms with E-state index >= 15 is 0 Å². The number of hydrogen-bond donors (Lipinski definition) is 2. The number of carbonyl (C=O) groups excluding carboxylic acids is 3. The summed E-state index contributed by atoms with van der Waals surface area (Å²) in [6.07, 6.45) is 6.09. The van der Waals surface area contributed by atoms with E-state index < -0.39 is 42.1 Å². The summed E-state index contributed by atoms with van der Waals surface area (Å²) in [5.74, 6) is -1.85. The van der Waals surface area contributed by atoms with Crippen LogP contribution in [0.1, 0.15) is 63.0 Å². The SMILES string of the molecule is CC1(C)OB([C@H](CCCc2ccccc2)NC(=O)[C@@H](CC(=O)N2CCOCC2)NC(=O)c2cnccn2)OC1(C)C. The highest BCUT2D eigenvalue weighted by Gasteiger charge is 2.54. The summed E-state index contributed by atoms with van der Waals surface area (Å²) >= 11 is 0. The molecular weight excluding hydrogens is 525 g/mol. The third-order valence-corrected chi connectivity index (χ3v) is 7.91. The number of morpholine rings is 1. The zero-order valence-corrected chi connectivity index (χ0v) is 24.3. The Kier molecular flexibility index (Phi) is 10.1. The van der Waals surface area contributed by atoms with E-state index in [-0.39, 0.29) is 18.0 Å². The number of nitrogens with one attached hydrogen (secondary N) is 2.